The van der Waals surface area contributed by atoms with Gasteiger partial charge in [-0.25, -0.2) is 0 Å². The molecule has 170 valence electrons. The Morgan fingerprint density at radius 2 is 1.77 bits per heavy atom. The van der Waals surface area contributed by atoms with E-state index in [0.717, 1.165) is 77.8 Å². The molecule has 0 amide bonds. The zero-order valence-corrected chi connectivity index (χ0v) is 21.2. The van der Waals surface area contributed by atoms with Crippen molar-refractivity contribution in [3.8, 4) is 0 Å². The summed E-state index contributed by atoms with van der Waals surface area (Å²) in [7, 11) is 0. The van der Waals surface area contributed by atoms with Gasteiger partial charge in [0.2, 0.25) is 0 Å². The van der Waals surface area contributed by atoms with Gasteiger partial charge in [-0.2, -0.15) is 0 Å². The van der Waals surface area contributed by atoms with Gasteiger partial charge in [-0.1, -0.05) is 30.3 Å². The normalized spacial score (nSPS) is 19.9. The maximum Gasteiger partial charge on any atom is 0.191 e. The highest BCUT2D eigenvalue weighted by atomic mass is 127. The number of ether oxygens (including phenoxy) is 1. The van der Waals surface area contributed by atoms with E-state index in [1.807, 2.05) is 0 Å². The van der Waals surface area contributed by atoms with E-state index in [1.165, 1.54) is 5.56 Å². The predicted octanol–water partition coefficient (Wildman–Crippen LogP) is 2.93. The summed E-state index contributed by atoms with van der Waals surface area (Å²) >= 11 is 0. The smallest absolute Gasteiger partial charge is 0.191 e. The number of hydrogen-bond donors (Lipinski definition) is 2. The Hall–Kier alpha value is -0.900. The molecule has 0 atom stereocenters. The number of guanidine groups is 1. The lowest BCUT2D eigenvalue weighted by molar-refractivity contribution is -0.00684. The van der Waals surface area contributed by atoms with Gasteiger partial charge in [0, 0.05) is 50.8 Å². The zero-order valence-electron chi connectivity index (χ0n) is 18.9. The molecular weight excluding hydrogens is 489 g/mol. The van der Waals surface area contributed by atoms with E-state index < -0.39 is 0 Å². The van der Waals surface area contributed by atoms with Crippen molar-refractivity contribution in [2.45, 2.75) is 51.7 Å². The van der Waals surface area contributed by atoms with Crippen LogP contribution in [0.5, 0.6) is 0 Å². The second kappa shape index (κ2) is 12.8. The molecule has 6 nitrogen and oxygen atoms in total. The van der Waals surface area contributed by atoms with Crippen LogP contribution in [-0.2, 0) is 11.3 Å². The SMILES string of the molecule is CCNC(=NCC(C)(C)N1CCOCC1)NC1CCN(Cc2ccccc2)CC1.I. The molecule has 1 aromatic carbocycles. The fraction of sp³-hybridized carbons (Fsp3) is 0.696. The quantitative estimate of drug-likeness (QED) is 0.323. The van der Waals surface area contributed by atoms with Gasteiger partial charge in [-0.3, -0.25) is 14.8 Å². The van der Waals surface area contributed by atoms with Crippen LogP contribution >= 0.6 is 24.0 Å². The van der Waals surface area contributed by atoms with Crippen molar-refractivity contribution in [2.24, 2.45) is 4.99 Å². The van der Waals surface area contributed by atoms with Crippen molar-refractivity contribution in [3.05, 3.63) is 35.9 Å². The first-order valence-electron chi connectivity index (χ1n) is 11.2. The zero-order chi connectivity index (χ0) is 20.5. The van der Waals surface area contributed by atoms with Crippen molar-refractivity contribution in [1.82, 2.24) is 20.4 Å². The number of nitrogens with one attached hydrogen (secondary N) is 2. The van der Waals surface area contributed by atoms with E-state index in [1.54, 1.807) is 0 Å². The van der Waals surface area contributed by atoms with Gasteiger partial charge in [0.05, 0.1) is 19.8 Å². The van der Waals surface area contributed by atoms with Crippen molar-refractivity contribution in [3.63, 3.8) is 0 Å². The largest absolute Gasteiger partial charge is 0.379 e. The highest BCUT2D eigenvalue weighted by Gasteiger charge is 2.28. The minimum absolute atomic E-state index is 0. The summed E-state index contributed by atoms with van der Waals surface area (Å²) in [5, 5.41) is 7.12. The molecule has 1 aromatic rings. The Balaban J connectivity index is 0.00000320. The number of aliphatic imine (C=N–C) groups is 1. The maximum atomic E-state index is 5.50. The second-order valence-electron chi connectivity index (χ2n) is 8.79. The number of benzene rings is 1. The van der Waals surface area contributed by atoms with Gasteiger partial charge in [0.15, 0.2) is 5.96 Å². The second-order valence-corrected chi connectivity index (χ2v) is 8.79. The lowest BCUT2D eigenvalue weighted by Crippen LogP contribution is -2.53. The number of morpholine rings is 1. The van der Waals surface area contributed by atoms with Gasteiger partial charge in [0.1, 0.15) is 0 Å². The minimum atomic E-state index is 0. The summed E-state index contributed by atoms with van der Waals surface area (Å²) in [5.41, 5.74) is 1.45. The first-order chi connectivity index (χ1) is 14.1. The summed E-state index contributed by atoms with van der Waals surface area (Å²) in [6.07, 6.45) is 2.31. The molecule has 2 fully saturated rings. The molecule has 30 heavy (non-hydrogen) atoms. The van der Waals surface area contributed by atoms with E-state index in [9.17, 15) is 0 Å². The van der Waals surface area contributed by atoms with Crippen molar-refractivity contribution in [1.29, 1.82) is 0 Å². The molecule has 2 saturated heterocycles. The fourth-order valence-electron chi connectivity index (χ4n) is 4.13. The number of likely N-dealkylation sites (tertiary alicyclic amines) is 1. The average molecular weight is 530 g/mol. The Kier molecular flexibility index (Phi) is 10.8. The van der Waals surface area contributed by atoms with Gasteiger partial charge in [0.25, 0.3) is 0 Å². The minimum Gasteiger partial charge on any atom is -0.379 e. The summed E-state index contributed by atoms with van der Waals surface area (Å²) in [6.45, 7) is 15.3. The van der Waals surface area contributed by atoms with Crippen LogP contribution in [0.2, 0.25) is 0 Å². The van der Waals surface area contributed by atoms with Crippen LogP contribution in [0.1, 0.15) is 39.2 Å². The summed E-state index contributed by atoms with van der Waals surface area (Å²) in [6, 6.07) is 11.3. The molecule has 0 radical (unpaired) electrons. The third-order valence-electron chi connectivity index (χ3n) is 6.01. The standard InChI is InChI=1S/C23H39N5O.HI/c1-4-24-22(25-19-23(2,3)28-14-16-29-17-15-28)26-21-10-12-27(13-11-21)18-20-8-6-5-7-9-20;/h5-9,21H,4,10-19H2,1-3H3,(H2,24,25,26);1H. The first kappa shape index (κ1) is 25.4. The van der Waals surface area contributed by atoms with E-state index >= 15 is 0 Å². The highest BCUT2D eigenvalue weighted by molar-refractivity contribution is 14.0. The molecule has 0 saturated carbocycles. The molecule has 2 aliphatic rings. The average Bonchev–Trinajstić information content (AvgIpc) is 2.75. The Bertz CT molecular complexity index is 626. The summed E-state index contributed by atoms with van der Waals surface area (Å²) in [4.78, 5) is 9.99. The van der Waals surface area contributed by atoms with Gasteiger partial charge in [-0.05, 0) is 39.2 Å². The number of hydrogen-bond acceptors (Lipinski definition) is 4. The molecule has 3 rings (SSSR count). The lowest BCUT2D eigenvalue weighted by atomic mass is 10.0. The van der Waals surface area contributed by atoms with Gasteiger partial charge >= 0.3 is 0 Å². The molecule has 0 spiro atoms. The third-order valence-corrected chi connectivity index (χ3v) is 6.01. The molecule has 2 heterocycles. The van der Waals surface area contributed by atoms with E-state index in [-0.39, 0.29) is 29.5 Å². The topological polar surface area (TPSA) is 52.1 Å². The van der Waals surface area contributed by atoms with Crippen LogP contribution < -0.4 is 10.6 Å². The third kappa shape index (κ3) is 7.98. The Morgan fingerprint density at radius 3 is 2.40 bits per heavy atom. The lowest BCUT2D eigenvalue weighted by Gasteiger charge is -2.40. The predicted molar refractivity (Wildman–Crippen MR) is 136 cm³/mol. The molecule has 0 unspecified atom stereocenters. The Labute approximate surface area is 199 Å². The van der Waals surface area contributed by atoms with E-state index in [2.05, 4.69) is 71.5 Å². The van der Waals surface area contributed by atoms with Crippen LogP contribution in [0.25, 0.3) is 0 Å². The van der Waals surface area contributed by atoms with Crippen molar-refractivity contribution < 1.29 is 4.74 Å². The van der Waals surface area contributed by atoms with Gasteiger partial charge < -0.3 is 15.4 Å². The summed E-state index contributed by atoms with van der Waals surface area (Å²) < 4.78 is 5.50. The molecule has 7 heteroatoms. The summed E-state index contributed by atoms with van der Waals surface area (Å²) in [5.74, 6) is 0.954. The van der Waals surface area contributed by atoms with E-state index in [0.29, 0.717) is 6.04 Å². The van der Waals surface area contributed by atoms with Crippen molar-refractivity contribution >= 4 is 29.9 Å². The number of nitrogens with zero attached hydrogens (tertiary/aromatic N) is 3. The van der Waals surface area contributed by atoms with E-state index in [4.69, 9.17) is 9.73 Å². The first-order valence-corrected chi connectivity index (χ1v) is 11.2. The highest BCUT2D eigenvalue weighted by Crippen LogP contribution is 2.17. The number of rotatable bonds is 7. The Morgan fingerprint density at radius 1 is 1.10 bits per heavy atom. The van der Waals surface area contributed by atoms with Crippen LogP contribution in [0.15, 0.2) is 35.3 Å². The molecule has 2 aliphatic heterocycles. The maximum absolute atomic E-state index is 5.50. The molecule has 0 aromatic heterocycles. The number of piperidine rings is 1. The molecular formula is C23H40IN5O. The molecule has 0 aliphatic carbocycles. The van der Waals surface area contributed by atoms with Gasteiger partial charge in [-0.15, -0.1) is 24.0 Å². The van der Waals surface area contributed by atoms with Crippen LogP contribution in [0, 0.1) is 0 Å². The van der Waals surface area contributed by atoms with Crippen molar-refractivity contribution in [2.75, 3.05) is 52.5 Å². The fourth-order valence-corrected chi connectivity index (χ4v) is 4.13. The molecule has 2 N–H and O–H groups in total. The van der Waals surface area contributed by atoms with Crippen LogP contribution in [0.4, 0.5) is 0 Å². The molecule has 0 bridgehead atoms. The van der Waals surface area contributed by atoms with Crippen LogP contribution in [0.3, 0.4) is 0 Å². The monoisotopic (exact) mass is 529 g/mol. The van der Waals surface area contributed by atoms with Crippen LogP contribution in [-0.4, -0.2) is 79.8 Å². The number of halogens is 1.